The summed E-state index contributed by atoms with van der Waals surface area (Å²) in [5.74, 6) is 1.14. The molecule has 74 valence electrons. The van der Waals surface area contributed by atoms with Crippen LogP contribution in [-0.2, 0) is 0 Å². The molecule has 1 aliphatic heterocycles. The number of benzene rings is 1. The number of hydrogen-bond donors (Lipinski definition) is 1. The van der Waals surface area contributed by atoms with Crippen LogP contribution in [0.4, 0.5) is 0 Å². The van der Waals surface area contributed by atoms with Crippen LogP contribution in [-0.4, -0.2) is 24.2 Å². The van der Waals surface area contributed by atoms with Crippen LogP contribution in [0.3, 0.4) is 0 Å². The number of nitrogens with zero attached hydrogens (tertiary/aromatic N) is 1. The first kappa shape index (κ1) is 9.46. The molecule has 0 unspecified atom stereocenters. The third-order valence-electron chi connectivity index (χ3n) is 2.33. The van der Waals surface area contributed by atoms with Gasteiger partial charge in [0.1, 0.15) is 0 Å². The van der Waals surface area contributed by atoms with E-state index in [0.29, 0.717) is 0 Å². The SMILES string of the molecule is CN1CCSC1=C(N)c1ccccc1. The summed E-state index contributed by atoms with van der Waals surface area (Å²) in [5, 5.41) is 1.20. The molecule has 1 heterocycles. The molecule has 0 aromatic heterocycles. The Morgan fingerprint density at radius 3 is 2.64 bits per heavy atom. The molecule has 2 rings (SSSR count). The number of nitrogens with two attached hydrogens (primary N) is 1. The van der Waals surface area contributed by atoms with Gasteiger partial charge in [0, 0.05) is 24.9 Å². The fraction of sp³-hybridized carbons (Fsp3) is 0.273. The van der Waals surface area contributed by atoms with Gasteiger partial charge in [-0.2, -0.15) is 0 Å². The number of hydrogen-bond acceptors (Lipinski definition) is 3. The Morgan fingerprint density at radius 1 is 1.36 bits per heavy atom. The van der Waals surface area contributed by atoms with Crippen molar-refractivity contribution in [3.05, 3.63) is 40.9 Å². The summed E-state index contributed by atoms with van der Waals surface area (Å²) in [5.41, 5.74) is 8.12. The fourth-order valence-corrected chi connectivity index (χ4v) is 2.66. The maximum atomic E-state index is 6.11. The van der Waals surface area contributed by atoms with Gasteiger partial charge in [-0.1, -0.05) is 30.3 Å². The van der Waals surface area contributed by atoms with Crippen molar-refractivity contribution in [3.63, 3.8) is 0 Å². The molecule has 0 amide bonds. The van der Waals surface area contributed by atoms with Crippen molar-refractivity contribution < 1.29 is 0 Å². The van der Waals surface area contributed by atoms with Gasteiger partial charge in [-0.05, 0) is 0 Å². The molecule has 1 fully saturated rings. The van der Waals surface area contributed by atoms with Gasteiger partial charge in [0.15, 0.2) is 0 Å². The van der Waals surface area contributed by atoms with Crippen molar-refractivity contribution in [2.75, 3.05) is 19.3 Å². The monoisotopic (exact) mass is 206 g/mol. The van der Waals surface area contributed by atoms with E-state index in [1.807, 2.05) is 30.0 Å². The Hall–Kier alpha value is -1.09. The molecule has 3 heteroatoms. The summed E-state index contributed by atoms with van der Waals surface area (Å²) in [6.45, 7) is 1.09. The van der Waals surface area contributed by atoms with Gasteiger partial charge in [0.25, 0.3) is 0 Å². The van der Waals surface area contributed by atoms with Gasteiger partial charge in [0.05, 0.1) is 10.7 Å². The largest absolute Gasteiger partial charge is 0.396 e. The topological polar surface area (TPSA) is 29.3 Å². The van der Waals surface area contributed by atoms with E-state index in [4.69, 9.17) is 5.73 Å². The molecule has 2 N–H and O–H groups in total. The second kappa shape index (κ2) is 3.96. The quantitative estimate of drug-likeness (QED) is 0.761. The third kappa shape index (κ3) is 1.73. The summed E-state index contributed by atoms with van der Waals surface area (Å²) in [6, 6.07) is 10.1. The Kier molecular flexibility index (Phi) is 2.68. The molecule has 14 heavy (non-hydrogen) atoms. The average Bonchev–Trinajstić information content (AvgIpc) is 2.65. The van der Waals surface area contributed by atoms with Gasteiger partial charge >= 0.3 is 0 Å². The third-order valence-corrected chi connectivity index (χ3v) is 3.52. The lowest BCUT2D eigenvalue weighted by atomic mass is 10.2. The van der Waals surface area contributed by atoms with Gasteiger partial charge in [0.2, 0.25) is 0 Å². The molecular formula is C11H14N2S. The molecule has 0 bridgehead atoms. The second-order valence-corrected chi connectivity index (χ2v) is 4.44. The fourth-order valence-electron chi connectivity index (χ4n) is 1.52. The Bertz CT molecular complexity index is 346. The van der Waals surface area contributed by atoms with E-state index in [2.05, 4.69) is 24.1 Å². The predicted octanol–water partition coefficient (Wildman–Crippen LogP) is 1.95. The minimum atomic E-state index is 0.899. The first-order valence-electron chi connectivity index (χ1n) is 4.68. The molecule has 0 saturated carbocycles. The lowest BCUT2D eigenvalue weighted by Gasteiger charge is -2.14. The van der Waals surface area contributed by atoms with E-state index in [1.54, 1.807) is 0 Å². The van der Waals surface area contributed by atoms with Crippen LogP contribution in [0.25, 0.3) is 5.70 Å². The predicted molar refractivity (Wildman–Crippen MR) is 62.6 cm³/mol. The molecule has 1 aliphatic rings. The van der Waals surface area contributed by atoms with Crippen molar-refractivity contribution in [2.45, 2.75) is 0 Å². The first-order valence-corrected chi connectivity index (χ1v) is 5.66. The van der Waals surface area contributed by atoms with Crippen LogP contribution in [0.15, 0.2) is 35.4 Å². The van der Waals surface area contributed by atoms with E-state index in [1.165, 1.54) is 5.03 Å². The molecule has 0 atom stereocenters. The van der Waals surface area contributed by atoms with Crippen LogP contribution in [0.1, 0.15) is 5.56 Å². The summed E-state index contributed by atoms with van der Waals surface area (Å²) >= 11 is 1.83. The molecular weight excluding hydrogens is 192 g/mol. The Balaban J connectivity index is 2.35. The van der Waals surface area contributed by atoms with Crippen LogP contribution in [0, 0.1) is 0 Å². The minimum absolute atomic E-state index is 0.899. The van der Waals surface area contributed by atoms with E-state index in [9.17, 15) is 0 Å². The highest BCUT2D eigenvalue weighted by Crippen LogP contribution is 2.30. The van der Waals surface area contributed by atoms with E-state index >= 15 is 0 Å². The molecule has 1 aromatic carbocycles. The van der Waals surface area contributed by atoms with Gasteiger partial charge in [-0.15, -0.1) is 11.8 Å². The van der Waals surface area contributed by atoms with Crippen molar-refractivity contribution >= 4 is 17.5 Å². The van der Waals surface area contributed by atoms with E-state index < -0.39 is 0 Å². The normalized spacial score (nSPS) is 19.9. The Labute approximate surface area is 88.8 Å². The van der Waals surface area contributed by atoms with Crippen molar-refractivity contribution in [2.24, 2.45) is 5.73 Å². The molecule has 0 spiro atoms. The first-order chi connectivity index (χ1) is 6.79. The summed E-state index contributed by atoms with van der Waals surface area (Å²) < 4.78 is 0. The standard InChI is InChI=1S/C11H14N2S/c1-13-7-8-14-11(13)10(12)9-5-3-2-4-6-9/h2-6H,7-8,12H2,1H3. The van der Waals surface area contributed by atoms with Crippen LogP contribution < -0.4 is 5.73 Å². The zero-order chi connectivity index (χ0) is 9.97. The van der Waals surface area contributed by atoms with Crippen molar-refractivity contribution in [3.8, 4) is 0 Å². The van der Waals surface area contributed by atoms with E-state index in [-0.39, 0.29) is 0 Å². The summed E-state index contributed by atoms with van der Waals surface area (Å²) in [7, 11) is 2.09. The van der Waals surface area contributed by atoms with E-state index in [0.717, 1.165) is 23.6 Å². The highest BCUT2D eigenvalue weighted by molar-refractivity contribution is 8.03. The minimum Gasteiger partial charge on any atom is -0.396 e. The summed E-state index contributed by atoms with van der Waals surface area (Å²) in [6.07, 6.45) is 0. The van der Waals surface area contributed by atoms with Crippen LogP contribution in [0.2, 0.25) is 0 Å². The zero-order valence-corrected chi connectivity index (χ0v) is 9.05. The highest BCUT2D eigenvalue weighted by atomic mass is 32.2. The highest BCUT2D eigenvalue weighted by Gasteiger charge is 2.17. The smallest absolute Gasteiger partial charge is 0.0946 e. The lowest BCUT2D eigenvalue weighted by molar-refractivity contribution is 0.494. The Morgan fingerprint density at radius 2 is 2.07 bits per heavy atom. The van der Waals surface area contributed by atoms with Gasteiger partial charge < -0.3 is 10.6 Å². The van der Waals surface area contributed by atoms with Crippen molar-refractivity contribution in [1.29, 1.82) is 0 Å². The van der Waals surface area contributed by atoms with Crippen LogP contribution in [0.5, 0.6) is 0 Å². The molecule has 0 aliphatic carbocycles. The second-order valence-electron chi connectivity index (χ2n) is 3.35. The maximum absolute atomic E-state index is 6.11. The maximum Gasteiger partial charge on any atom is 0.0946 e. The molecule has 0 radical (unpaired) electrons. The van der Waals surface area contributed by atoms with Crippen molar-refractivity contribution in [1.82, 2.24) is 4.90 Å². The number of rotatable bonds is 1. The summed E-state index contributed by atoms with van der Waals surface area (Å²) in [4.78, 5) is 2.22. The lowest BCUT2D eigenvalue weighted by Crippen LogP contribution is -2.14. The molecule has 1 saturated heterocycles. The van der Waals surface area contributed by atoms with Gasteiger partial charge in [-0.3, -0.25) is 0 Å². The van der Waals surface area contributed by atoms with Gasteiger partial charge in [-0.25, -0.2) is 0 Å². The number of thioether (sulfide) groups is 1. The van der Waals surface area contributed by atoms with Crippen LogP contribution >= 0.6 is 11.8 Å². The molecule has 1 aromatic rings. The average molecular weight is 206 g/mol. The molecule has 2 nitrogen and oxygen atoms in total. The zero-order valence-electron chi connectivity index (χ0n) is 8.23.